The molecular formula is C12H15BrN4O. The Bertz CT molecular complexity index is 501. The summed E-state index contributed by atoms with van der Waals surface area (Å²) in [6.07, 6.45) is 2.27. The first kappa shape index (κ1) is 13.2. The number of nitrogens with zero attached hydrogens (tertiary/aromatic N) is 3. The Morgan fingerprint density at radius 1 is 1.44 bits per heavy atom. The quantitative estimate of drug-likeness (QED) is 0.890. The summed E-state index contributed by atoms with van der Waals surface area (Å²) in [4.78, 5) is 0. The van der Waals surface area contributed by atoms with E-state index in [1.807, 2.05) is 18.2 Å². The number of tetrazole rings is 1. The molecule has 2 rings (SSSR count). The van der Waals surface area contributed by atoms with Crippen LogP contribution in [0.5, 0.6) is 0 Å². The van der Waals surface area contributed by atoms with Crippen molar-refractivity contribution in [3.05, 3.63) is 28.2 Å². The lowest BCUT2D eigenvalue weighted by Crippen LogP contribution is -2.01. The number of rotatable bonds is 5. The van der Waals surface area contributed by atoms with Crippen molar-refractivity contribution in [1.29, 1.82) is 0 Å². The van der Waals surface area contributed by atoms with Crippen LogP contribution in [0.1, 0.15) is 37.9 Å². The molecule has 0 aliphatic heterocycles. The third-order valence-electron chi connectivity index (χ3n) is 2.79. The summed E-state index contributed by atoms with van der Waals surface area (Å²) in [5, 5.41) is 24.2. The third-order valence-corrected chi connectivity index (χ3v) is 3.28. The van der Waals surface area contributed by atoms with Crippen molar-refractivity contribution in [3.8, 4) is 11.4 Å². The highest BCUT2D eigenvalue weighted by molar-refractivity contribution is 9.10. The van der Waals surface area contributed by atoms with Gasteiger partial charge >= 0.3 is 0 Å². The predicted octanol–water partition coefficient (Wildman–Crippen LogP) is 2.85. The zero-order chi connectivity index (χ0) is 13.0. The van der Waals surface area contributed by atoms with E-state index in [4.69, 9.17) is 0 Å². The maximum atomic E-state index is 10.2. The number of hydrogen-bond donors (Lipinski definition) is 2. The molecule has 18 heavy (non-hydrogen) atoms. The van der Waals surface area contributed by atoms with Gasteiger partial charge in [-0.15, -0.1) is 10.2 Å². The van der Waals surface area contributed by atoms with Gasteiger partial charge in [-0.05, 0) is 35.4 Å². The van der Waals surface area contributed by atoms with E-state index >= 15 is 0 Å². The standard InChI is InChI=1S/C12H15BrN4O/c1-2-3-4-11(18)10-7-8(13)5-6-9(10)12-14-16-17-15-12/h5-7,11,18H,2-4H2,1H3,(H,14,15,16,17)/t11-/m1/s1. The van der Waals surface area contributed by atoms with Crippen LogP contribution in [-0.4, -0.2) is 25.7 Å². The molecule has 0 radical (unpaired) electrons. The summed E-state index contributed by atoms with van der Waals surface area (Å²) < 4.78 is 0.931. The van der Waals surface area contributed by atoms with Gasteiger partial charge in [-0.1, -0.05) is 35.7 Å². The number of aromatic nitrogens is 4. The fourth-order valence-electron chi connectivity index (χ4n) is 1.84. The fourth-order valence-corrected chi connectivity index (χ4v) is 2.22. The van der Waals surface area contributed by atoms with E-state index in [-0.39, 0.29) is 0 Å². The van der Waals surface area contributed by atoms with Crippen molar-refractivity contribution in [3.63, 3.8) is 0 Å². The Labute approximate surface area is 114 Å². The lowest BCUT2D eigenvalue weighted by atomic mass is 9.98. The summed E-state index contributed by atoms with van der Waals surface area (Å²) in [6, 6.07) is 5.70. The van der Waals surface area contributed by atoms with E-state index in [1.54, 1.807) is 0 Å². The maximum absolute atomic E-state index is 10.2. The highest BCUT2D eigenvalue weighted by atomic mass is 79.9. The largest absolute Gasteiger partial charge is 0.388 e. The maximum Gasteiger partial charge on any atom is 0.205 e. The van der Waals surface area contributed by atoms with Gasteiger partial charge in [0.2, 0.25) is 5.82 Å². The van der Waals surface area contributed by atoms with Gasteiger partial charge < -0.3 is 5.11 Å². The van der Waals surface area contributed by atoms with E-state index in [0.717, 1.165) is 34.9 Å². The molecule has 1 atom stereocenters. The molecule has 6 heteroatoms. The van der Waals surface area contributed by atoms with Crippen LogP contribution in [-0.2, 0) is 0 Å². The highest BCUT2D eigenvalue weighted by Crippen LogP contribution is 2.30. The molecule has 0 bridgehead atoms. The Balaban J connectivity index is 2.35. The second kappa shape index (κ2) is 6.06. The minimum Gasteiger partial charge on any atom is -0.388 e. The average molecular weight is 311 g/mol. The normalized spacial score (nSPS) is 12.6. The average Bonchev–Trinajstić information content (AvgIpc) is 2.89. The van der Waals surface area contributed by atoms with E-state index in [9.17, 15) is 5.11 Å². The molecule has 0 aliphatic rings. The Kier molecular flexibility index (Phi) is 4.43. The van der Waals surface area contributed by atoms with Gasteiger partial charge in [0.25, 0.3) is 0 Å². The number of aromatic amines is 1. The van der Waals surface area contributed by atoms with E-state index in [2.05, 4.69) is 43.5 Å². The molecule has 0 aliphatic carbocycles. The second-order valence-electron chi connectivity index (χ2n) is 4.13. The number of hydrogen-bond acceptors (Lipinski definition) is 4. The summed E-state index contributed by atoms with van der Waals surface area (Å²) in [5.74, 6) is 0.507. The van der Waals surface area contributed by atoms with E-state index in [0.29, 0.717) is 5.82 Å². The van der Waals surface area contributed by atoms with Crippen molar-refractivity contribution in [2.45, 2.75) is 32.3 Å². The van der Waals surface area contributed by atoms with Gasteiger partial charge in [-0.2, -0.15) is 5.21 Å². The first-order valence-corrected chi connectivity index (χ1v) is 6.73. The van der Waals surface area contributed by atoms with Crippen molar-refractivity contribution in [2.75, 3.05) is 0 Å². The van der Waals surface area contributed by atoms with Crippen LogP contribution in [0.4, 0.5) is 0 Å². The van der Waals surface area contributed by atoms with Crippen molar-refractivity contribution in [2.24, 2.45) is 0 Å². The van der Waals surface area contributed by atoms with Crippen LogP contribution in [0.25, 0.3) is 11.4 Å². The van der Waals surface area contributed by atoms with Gasteiger partial charge in [0.15, 0.2) is 0 Å². The van der Waals surface area contributed by atoms with Crippen LogP contribution < -0.4 is 0 Å². The van der Waals surface area contributed by atoms with Crippen LogP contribution in [0.2, 0.25) is 0 Å². The Morgan fingerprint density at radius 3 is 2.94 bits per heavy atom. The van der Waals surface area contributed by atoms with Gasteiger partial charge in [-0.25, -0.2) is 0 Å². The number of nitrogens with one attached hydrogen (secondary N) is 1. The SMILES string of the molecule is CCCC[C@@H](O)c1cc(Br)ccc1-c1nn[nH]n1. The molecule has 0 spiro atoms. The number of halogens is 1. The molecule has 2 aromatic rings. The van der Waals surface area contributed by atoms with Crippen LogP contribution in [0.3, 0.4) is 0 Å². The smallest absolute Gasteiger partial charge is 0.205 e. The molecule has 0 saturated heterocycles. The molecule has 1 aromatic heterocycles. The summed E-state index contributed by atoms with van der Waals surface area (Å²) in [7, 11) is 0. The third kappa shape index (κ3) is 2.94. The molecule has 2 N–H and O–H groups in total. The monoisotopic (exact) mass is 310 g/mol. The zero-order valence-electron chi connectivity index (χ0n) is 10.1. The van der Waals surface area contributed by atoms with Crippen LogP contribution >= 0.6 is 15.9 Å². The van der Waals surface area contributed by atoms with Crippen molar-refractivity contribution in [1.82, 2.24) is 20.6 Å². The predicted molar refractivity (Wildman–Crippen MR) is 71.8 cm³/mol. The summed E-state index contributed by atoms with van der Waals surface area (Å²) >= 11 is 3.42. The van der Waals surface area contributed by atoms with Gasteiger partial charge in [-0.3, -0.25) is 0 Å². The molecule has 0 unspecified atom stereocenters. The molecule has 96 valence electrons. The molecule has 1 aromatic carbocycles. The first-order chi connectivity index (χ1) is 8.72. The van der Waals surface area contributed by atoms with Crippen LogP contribution in [0, 0.1) is 0 Å². The number of aliphatic hydroxyl groups is 1. The Hall–Kier alpha value is -1.27. The van der Waals surface area contributed by atoms with E-state index < -0.39 is 6.10 Å². The molecular weight excluding hydrogens is 296 g/mol. The first-order valence-electron chi connectivity index (χ1n) is 5.93. The molecule has 0 fully saturated rings. The minimum atomic E-state index is -0.504. The fraction of sp³-hybridized carbons (Fsp3) is 0.417. The summed E-state index contributed by atoms with van der Waals surface area (Å²) in [6.45, 7) is 2.10. The zero-order valence-corrected chi connectivity index (χ0v) is 11.7. The molecule has 0 saturated carbocycles. The van der Waals surface area contributed by atoms with Gasteiger partial charge in [0.05, 0.1) is 6.10 Å². The van der Waals surface area contributed by atoms with Gasteiger partial charge in [0, 0.05) is 10.0 Å². The van der Waals surface area contributed by atoms with Crippen LogP contribution in [0.15, 0.2) is 22.7 Å². The molecule has 1 heterocycles. The summed E-state index contributed by atoms with van der Waals surface area (Å²) in [5.41, 5.74) is 1.65. The number of benzene rings is 1. The molecule has 5 nitrogen and oxygen atoms in total. The van der Waals surface area contributed by atoms with Crippen molar-refractivity contribution >= 4 is 15.9 Å². The number of unbranched alkanes of at least 4 members (excludes halogenated alkanes) is 1. The number of H-pyrrole nitrogens is 1. The lowest BCUT2D eigenvalue weighted by Gasteiger charge is -2.14. The lowest BCUT2D eigenvalue weighted by molar-refractivity contribution is 0.164. The Morgan fingerprint density at radius 2 is 2.28 bits per heavy atom. The number of aliphatic hydroxyl groups excluding tert-OH is 1. The highest BCUT2D eigenvalue weighted by Gasteiger charge is 2.16. The molecule has 0 amide bonds. The second-order valence-corrected chi connectivity index (χ2v) is 5.04. The van der Waals surface area contributed by atoms with Crippen molar-refractivity contribution < 1.29 is 5.11 Å². The minimum absolute atomic E-state index is 0.504. The van der Waals surface area contributed by atoms with E-state index in [1.165, 1.54) is 0 Å². The topological polar surface area (TPSA) is 74.7 Å². The van der Waals surface area contributed by atoms with Gasteiger partial charge in [0.1, 0.15) is 0 Å².